The molecule has 3 aromatic rings. The van der Waals surface area contributed by atoms with Gasteiger partial charge in [-0.05, 0) is 50.0 Å². The Kier molecular flexibility index (Phi) is 3.13. The third-order valence-corrected chi connectivity index (χ3v) is 5.04. The van der Waals surface area contributed by atoms with E-state index < -0.39 is 10.9 Å². The molecule has 2 nitrogen and oxygen atoms in total. The fourth-order valence-corrected chi connectivity index (χ4v) is 3.90. The second-order valence-electron chi connectivity index (χ2n) is 6.45. The minimum absolute atomic E-state index is 0.441. The van der Waals surface area contributed by atoms with Gasteiger partial charge in [-0.1, -0.05) is 72.8 Å². The van der Waals surface area contributed by atoms with Gasteiger partial charge in [-0.3, -0.25) is 9.59 Å². The van der Waals surface area contributed by atoms with Crippen LogP contribution < -0.4 is 10.9 Å². The van der Waals surface area contributed by atoms with E-state index in [-0.39, 0.29) is 0 Å². The van der Waals surface area contributed by atoms with Crippen LogP contribution in [0.4, 0.5) is 0 Å². The molecule has 0 atom stereocenters. The molecule has 0 amide bonds. The molecule has 2 heteroatoms. The first-order chi connectivity index (χ1) is 12.8. The number of fused-ring (bicyclic) bond motifs is 8. The average molecular weight is 334 g/mol. The lowest BCUT2D eigenvalue weighted by molar-refractivity contribution is 1.49. The van der Waals surface area contributed by atoms with E-state index in [1.165, 1.54) is 6.07 Å². The predicted molar refractivity (Wildman–Crippen MR) is 108 cm³/mol. The first-order valence-corrected chi connectivity index (χ1v) is 8.55. The summed E-state index contributed by atoms with van der Waals surface area (Å²) in [6.07, 6.45) is 0. The highest BCUT2D eigenvalue weighted by Gasteiger charge is 2.15. The highest BCUT2D eigenvalue weighted by molar-refractivity contribution is 6.21. The molecule has 0 bridgehead atoms. The highest BCUT2D eigenvalue weighted by Crippen LogP contribution is 2.36. The van der Waals surface area contributed by atoms with Crippen LogP contribution in [-0.4, -0.2) is 0 Å². The van der Waals surface area contributed by atoms with Crippen molar-refractivity contribution in [2.75, 3.05) is 0 Å². The van der Waals surface area contributed by atoms with Gasteiger partial charge in [0.15, 0.2) is 0 Å². The van der Waals surface area contributed by atoms with Gasteiger partial charge in [-0.15, -0.1) is 0 Å². The van der Waals surface area contributed by atoms with Gasteiger partial charge < -0.3 is 0 Å². The predicted octanol–water partition coefficient (Wildman–Crippen LogP) is 4.97. The van der Waals surface area contributed by atoms with Crippen molar-refractivity contribution in [2.45, 2.75) is 0 Å². The Morgan fingerprint density at radius 3 is 1.42 bits per heavy atom. The van der Waals surface area contributed by atoms with E-state index in [1.54, 1.807) is 6.07 Å². The van der Waals surface area contributed by atoms with Crippen LogP contribution >= 0.6 is 0 Å². The average Bonchev–Trinajstić information content (AvgIpc) is 2.69. The lowest BCUT2D eigenvalue weighted by atomic mass is 9.90. The maximum atomic E-state index is 12.9. The quantitative estimate of drug-likeness (QED) is 0.375. The van der Waals surface area contributed by atoms with Crippen LogP contribution in [0.3, 0.4) is 0 Å². The normalized spacial score (nSPS) is 11.4. The molecule has 0 fully saturated rings. The molecule has 0 saturated heterocycles. The van der Waals surface area contributed by atoms with E-state index in [9.17, 15) is 9.59 Å². The standard InChI is InChI=1S/C24H14O2/c25-22-14-13-21-19-11-4-3-9-17(19)15-7-1-2-8-16(15)18-10-5-6-12-20(18)23(21)24(22)26/h1-14H. The summed E-state index contributed by atoms with van der Waals surface area (Å²) >= 11 is 0. The van der Waals surface area contributed by atoms with Crippen molar-refractivity contribution in [2.24, 2.45) is 0 Å². The summed E-state index contributed by atoms with van der Waals surface area (Å²) in [5.41, 5.74) is 0.399. The second-order valence-corrected chi connectivity index (χ2v) is 6.45. The summed E-state index contributed by atoms with van der Waals surface area (Å²) in [6.45, 7) is 0. The van der Waals surface area contributed by atoms with Crippen molar-refractivity contribution < 1.29 is 0 Å². The summed E-state index contributed by atoms with van der Waals surface area (Å²) in [4.78, 5) is 25.0. The summed E-state index contributed by atoms with van der Waals surface area (Å²) in [7, 11) is 0. The van der Waals surface area contributed by atoms with Gasteiger partial charge in [0, 0.05) is 5.56 Å². The Bertz CT molecular complexity index is 1420. The highest BCUT2D eigenvalue weighted by atomic mass is 16.2. The third-order valence-electron chi connectivity index (χ3n) is 5.04. The fraction of sp³-hybridized carbons (Fsp3) is 0. The van der Waals surface area contributed by atoms with Crippen molar-refractivity contribution in [1.82, 2.24) is 0 Å². The zero-order chi connectivity index (χ0) is 17.7. The smallest absolute Gasteiger partial charge is 0.234 e. The topological polar surface area (TPSA) is 34.1 Å². The molecule has 0 saturated carbocycles. The van der Waals surface area contributed by atoms with E-state index in [0.29, 0.717) is 5.56 Å². The number of hydrogen-bond acceptors (Lipinski definition) is 2. The molecule has 0 aromatic heterocycles. The minimum atomic E-state index is -0.468. The van der Waals surface area contributed by atoms with Crippen molar-refractivity contribution in [3.63, 3.8) is 0 Å². The first-order valence-electron chi connectivity index (χ1n) is 8.55. The van der Waals surface area contributed by atoms with Gasteiger partial charge in [0.25, 0.3) is 0 Å². The van der Waals surface area contributed by atoms with Crippen molar-refractivity contribution in [3.8, 4) is 11.1 Å². The van der Waals surface area contributed by atoms with E-state index in [0.717, 1.165) is 37.9 Å². The van der Waals surface area contributed by atoms with Gasteiger partial charge in [-0.2, -0.15) is 0 Å². The van der Waals surface area contributed by atoms with E-state index >= 15 is 0 Å². The minimum Gasteiger partial charge on any atom is -0.286 e. The SMILES string of the molecule is O=c1ccc2c3ccccc3c3ccccc3c3ccccc3c-2c1=O. The van der Waals surface area contributed by atoms with Gasteiger partial charge in [0.1, 0.15) is 0 Å². The molecule has 0 unspecified atom stereocenters. The summed E-state index contributed by atoms with van der Waals surface area (Å²) in [6, 6.07) is 27.3. The maximum Gasteiger partial charge on any atom is 0.234 e. The Morgan fingerprint density at radius 2 is 0.846 bits per heavy atom. The van der Waals surface area contributed by atoms with Crippen LogP contribution in [0.2, 0.25) is 0 Å². The number of hydrogen-bond donors (Lipinski definition) is 0. The Hall–Kier alpha value is -3.52. The second kappa shape index (κ2) is 5.50. The molecule has 2 aliphatic rings. The van der Waals surface area contributed by atoms with Crippen LogP contribution in [0.15, 0.2) is 94.5 Å². The molecule has 3 aromatic carbocycles. The Balaban J connectivity index is 2.31. The van der Waals surface area contributed by atoms with Crippen LogP contribution in [0, 0.1) is 0 Å². The molecule has 0 aliphatic heterocycles. The van der Waals surface area contributed by atoms with Crippen molar-refractivity contribution in [3.05, 3.63) is 105 Å². The lowest BCUT2D eigenvalue weighted by Gasteiger charge is -2.12. The molecule has 26 heavy (non-hydrogen) atoms. The summed E-state index contributed by atoms with van der Waals surface area (Å²) in [5.74, 6) is 0. The van der Waals surface area contributed by atoms with Crippen LogP contribution in [0.1, 0.15) is 0 Å². The molecule has 0 radical (unpaired) electrons. The summed E-state index contributed by atoms with van der Waals surface area (Å²) < 4.78 is 0. The van der Waals surface area contributed by atoms with Gasteiger partial charge in [0.05, 0.1) is 0 Å². The molecule has 2 aliphatic carbocycles. The van der Waals surface area contributed by atoms with Crippen LogP contribution in [-0.2, 0) is 0 Å². The largest absolute Gasteiger partial charge is 0.286 e. The summed E-state index contributed by atoms with van der Waals surface area (Å²) in [5, 5.41) is 6.02. The first kappa shape index (κ1) is 14.8. The van der Waals surface area contributed by atoms with Gasteiger partial charge >= 0.3 is 0 Å². The monoisotopic (exact) mass is 334 g/mol. The molecule has 5 rings (SSSR count). The molecule has 122 valence electrons. The van der Waals surface area contributed by atoms with Crippen LogP contribution in [0.5, 0.6) is 0 Å². The number of rotatable bonds is 0. The van der Waals surface area contributed by atoms with Gasteiger partial charge in [0.2, 0.25) is 10.9 Å². The number of benzene rings is 4. The zero-order valence-corrected chi connectivity index (χ0v) is 13.9. The van der Waals surface area contributed by atoms with E-state index in [4.69, 9.17) is 0 Å². The molecular formula is C24H14O2. The zero-order valence-electron chi connectivity index (χ0n) is 13.9. The van der Waals surface area contributed by atoms with Crippen molar-refractivity contribution in [1.29, 1.82) is 0 Å². The molecule has 0 spiro atoms. The fourth-order valence-electron chi connectivity index (χ4n) is 3.90. The Labute approximate surface area is 149 Å². The van der Waals surface area contributed by atoms with E-state index in [2.05, 4.69) is 18.2 Å². The molecule has 0 N–H and O–H groups in total. The molecular weight excluding hydrogens is 320 g/mol. The third kappa shape index (κ3) is 1.99. The van der Waals surface area contributed by atoms with Crippen molar-refractivity contribution >= 4 is 32.3 Å². The van der Waals surface area contributed by atoms with Crippen LogP contribution in [0.25, 0.3) is 43.4 Å². The van der Waals surface area contributed by atoms with E-state index in [1.807, 2.05) is 54.6 Å². The lowest BCUT2D eigenvalue weighted by Crippen LogP contribution is -2.24. The maximum absolute atomic E-state index is 12.9. The van der Waals surface area contributed by atoms with Gasteiger partial charge in [-0.25, -0.2) is 0 Å². The Morgan fingerprint density at radius 1 is 0.423 bits per heavy atom. The molecule has 0 heterocycles.